The van der Waals surface area contributed by atoms with Crippen molar-refractivity contribution in [1.29, 1.82) is 0 Å². The van der Waals surface area contributed by atoms with Crippen molar-refractivity contribution < 1.29 is 22.5 Å². The van der Waals surface area contributed by atoms with Crippen molar-refractivity contribution in [2.24, 2.45) is 0 Å². The molecule has 0 unspecified atom stereocenters. The molecule has 0 N–H and O–H groups in total. The lowest BCUT2D eigenvalue weighted by Crippen LogP contribution is -2.10. The quantitative estimate of drug-likeness (QED) is 0.471. The number of nitrogens with zero attached hydrogens (tertiary/aromatic N) is 4. The third-order valence-corrected chi connectivity index (χ3v) is 2.98. The molecule has 0 spiro atoms. The van der Waals surface area contributed by atoms with Crippen molar-refractivity contribution in [1.82, 2.24) is 14.8 Å². The average molecular weight is 355 g/mol. The number of rotatable bonds is 2. The minimum atomic E-state index is -4.74. The second-order valence-corrected chi connectivity index (χ2v) is 4.27. The van der Waals surface area contributed by atoms with Gasteiger partial charge in [-0.1, -0.05) is 0 Å². The third kappa shape index (κ3) is 2.48. The molecule has 0 aliphatic carbocycles. The summed E-state index contributed by atoms with van der Waals surface area (Å²) in [6, 6.07) is 0.238. The summed E-state index contributed by atoms with van der Waals surface area (Å²) in [6.07, 6.45) is -3.50. The van der Waals surface area contributed by atoms with Gasteiger partial charge in [0.15, 0.2) is 16.2 Å². The Morgan fingerprint density at radius 3 is 2.45 bits per heavy atom. The van der Waals surface area contributed by atoms with Crippen LogP contribution in [0, 0.1) is 15.9 Å². The Bertz CT molecular complexity index is 685. The van der Waals surface area contributed by atoms with Gasteiger partial charge in [-0.3, -0.25) is 10.1 Å². The highest BCUT2D eigenvalue weighted by Gasteiger charge is 2.32. The maximum Gasteiger partial charge on any atom is 0.417 e. The Labute approximate surface area is 116 Å². The van der Waals surface area contributed by atoms with E-state index in [1.807, 2.05) is 0 Å². The lowest BCUT2D eigenvalue weighted by atomic mass is 10.2. The van der Waals surface area contributed by atoms with Crippen LogP contribution in [0.1, 0.15) is 5.56 Å². The van der Waals surface area contributed by atoms with Crippen LogP contribution in [-0.2, 0) is 6.18 Å². The number of hydrogen-bond donors (Lipinski definition) is 0. The van der Waals surface area contributed by atoms with E-state index in [0.717, 1.165) is 6.20 Å². The largest absolute Gasteiger partial charge is 0.417 e. The summed E-state index contributed by atoms with van der Waals surface area (Å²) < 4.78 is 51.2. The predicted molar refractivity (Wildman–Crippen MR) is 60.7 cm³/mol. The zero-order valence-electron chi connectivity index (χ0n) is 9.23. The van der Waals surface area contributed by atoms with Gasteiger partial charge in [0.25, 0.3) is 0 Å². The zero-order chi connectivity index (χ0) is 15.1. The fraction of sp³-hybridized carbons (Fsp3) is 0.111. The molecule has 0 fully saturated rings. The molecule has 0 radical (unpaired) electrons. The van der Waals surface area contributed by atoms with Crippen LogP contribution in [0.25, 0.3) is 5.82 Å². The molecule has 0 saturated heterocycles. The zero-order valence-corrected chi connectivity index (χ0v) is 10.8. The molecule has 2 aromatic heterocycles. The van der Waals surface area contributed by atoms with Crippen LogP contribution < -0.4 is 0 Å². The van der Waals surface area contributed by atoms with Gasteiger partial charge < -0.3 is 0 Å². The summed E-state index contributed by atoms with van der Waals surface area (Å²) in [5, 5.41) is 14.1. The summed E-state index contributed by atoms with van der Waals surface area (Å²) in [7, 11) is 0. The van der Waals surface area contributed by atoms with Gasteiger partial charge in [0, 0.05) is 6.20 Å². The second kappa shape index (κ2) is 4.81. The maximum atomic E-state index is 13.6. The molecule has 2 rings (SSSR count). The summed E-state index contributed by atoms with van der Waals surface area (Å²) >= 11 is 2.81. The molecule has 6 nitrogen and oxygen atoms in total. The second-order valence-electron chi connectivity index (χ2n) is 3.52. The normalized spacial score (nSPS) is 11.7. The molecule has 0 bridgehead atoms. The van der Waals surface area contributed by atoms with Crippen LogP contribution in [0.2, 0.25) is 0 Å². The van der Waals surface area contributed by atoms with Crippen LogP contribution in [0.4, 0.5) is 23.2 Å². The van der Waals surface area contributed by atoms with Crippen molar-refractivity contribution in [2.75, 3.05) is 0 Å². The predicted octanol–water partition coefficient (Wildman–Crippen LogP) is 3.10. The van der Waals surface area contributed by atoms with Gasteiger partial charge in [0.05, 0.1) is 10.5 Å². The van der Waals surface area contributed by atoms with E-state index in [4.69, 9.17) is 0 Å². The van der Waals surface area contributed by atoms with Gasteiger partial charge in [-0.2, -0.15) is 23.0 Å². The molecule has 0 aromatic carbocycles. The van der Waals surface area contributed by atoms with E-state index < -0.39 is 34.0 Å². The molecule has 0 amide bonds. The Balaban J connectivity index is 2.52. The highest BCUT2D eigenvalue weighted by molar-refractivity contribution is 9.10. The highest BCUT2D eigenvalue weighted by atomic mass is 79.9. The van der Waals surface area contributed by atoms with E-state index in [0.29, 0.717) is 10.9 Å². The number of pyridine rings is 1. The Morgan fingerprint density at radius 2 is 2.00 bits per heavy atom. The fourth-order valence-corrected chi connectivity index (χ4v) is 1.84. The van der Waals surface area contributed by atoms with Crippen LogP contribution in [0.15, 0.2) is 23.1 Å². The third-order valence-electron chi connectivity index (χ3n) is 2.24. The van der Waals surface area contributed by atoms with E-state index in [2.05, 4.69) is 26.0 Å². The van der Waals surface area contributed by atoms with Gasteiger partial charge in [-0.05, 0) is 22.0 Å². The van der Waals surface area contributed by atoms with E-state index >= 15 is 0 Å². The molecule has 0 aliphatic rings. The lowest BCUT2D eigenvalue weighted by Gasteiger charge is -2.08. The van der Waals surface area contributed by atoms with Gasteiger partial charge in [-0.15, -0.1) is 0 Å². The van der Waals surface area contributed by atoms with Crippen molar-refractivity contribution >= 4 is 21.6 Å². The molecule has 0 aliphatic heterocycles. The molecule has 0 atom stereocenters. The Morgan fingerprint density at radius 1 is 1.35 bits per heavy atom. The fourth-order valence-electron chi connectivity index (χ4n) is 1.34. The number of hydrogen-bond acceptors (Lipinski definition) is 4. The van der Waals surface area contributed by atoms with Crippen LogP contribution in [-0.4, -0.2) is 19.7 Å². The van der Waals surface area contributed by atoms with Gasteiger partial charge in [-0.25, -0.2) is 9.37 Å². The lowest BCUT2D eigenvalue weighted by molar-refractivity contribution is -0.385. The first-order valence-electron chi connectivity index (χ1n) is 4.83. The number of nitro groups is 1. The standard InChI is InChI=1S/C9H3BrF4N4O2/c10-7-6(18(19)20)3-16-17(7)8-5(11)1-4(2-15-8)9(12,13)14/h1-3H. The summed E-state index contributed by atoms with van der Waals surface area (Å²) in [5.41, 5.74) is -1.73. The Kier molecular flexibility index (Phi) is 3.46. The summed E-state index contributed by atoms with van der Waals surface area (Å²) in [6.45, 7) is 0. The molecule has 106 valence electrons. The van der Waals surface area contributed by atoms with Crippen molar-refractivity contribution in [3.8, 4) is 5.82 Å². The average Bonchev–Trinajstić information content (AvgIpc) is 2.70. The minimum Gasteiger partial charge on any atom is -0.258 e. The van der Waals surface area contributed by atoms with Crippen molar-refractivity contribution in [3.63, 3.8) is 0 Å². The van der Waals surface area contributed by atoms with Crippen molar-refractivity contribution in [3.05, 3.63) is 44.6 Å². The van der Waals surface area contributed by atoms with E-state index in [1.165, 1.54) is 0 Å². The first kappa shape index (κ1) is 14.4. The van der Waals surface area contributed by atoms with E-state index in [-0.39, 0.29) is 10.7 Å². The number of aromatic nitrogens is 3. The van der Waals surface area contributed by atoms with Crippen LogP contribution >= 0.6 is 15.9 Å². The number of halogens is 5. The smallest absolute Gasteiger partial charge is 0.258 e. The van der Waals surface area contributed by atoms with E-state index in [1.54, 1.807) is 0 Å². The summed E-state index contributed by atoms with van der Waals surface area (Å²) in [4.78, 5) is 13.1. The molecule has 11 heteroatoms. The maximum absolute atomic E-state index is 13.6. The van der Waals surface area contributed by atoms with Gasteiger partial charge >= 0.3 is 11.9 Å². The molecule has 2 heterocycles. The monoisotopic (exact) mass is 354 g/mol. The topological polar surface area (TPSA) is 73.8 Å². The molecular formula is C9H3BrF4N4O2. The van der Waals surface area contributed by atoms with Crippen LogP contribution in [0.3, 0.4) is 0 Å². The highest BCUT2D eigenvalue weighted by Crippen LogP contribution is 2.31. The van der Waals surface area contributed by atoms with Gasteiger partial charge in [0.2, 0.25) is 0 Å². The first-order valence-corrected chi connectivity index (χ1v) is 5.62. The molecular weight excluding hydrogens is 352 g/mol. The minimum absolute atomic E-state index is 0.228. The first-order chi connectivity index (χ1) is 9.21. The van der Waals surface area contributed by atoms with Crippen molar-refractivity contribution in [2.45, 2.75) is 6.18 Å². The SMILES string of the molecule is O=[N+]([O-])c1cnn(-c2ncc(C(F)(F)F)cc2F)c1Br. The van der Waals surface area contributed by atoms with Gasteiger partial charge in [0.1, 0.15) is 6.20 Å². The molecule has 20 heavy (non-hydrogen) atoms. The molecule has 0 saturated carbocycles. The molecule has 2 aromatic rings. The summed E-state index contributed by atoms with van der Waals surface area (Å²) in [5.74, 6) is -1.89. The number of alkyl halides is 3. The van der Waals surface area contributed by atoms with E-state index in [9.17, 15) is 27.7 Å². The van der Waals surface area contributed by atoms with Crippen LogP contribution in [0.5, 0.6) is 0 Å². The Hall–Kier alpha value is -2.04.